The van der Waals surface area contributed by atoms with Crippen molar-refractivity contribution < 1.29 is 23.4 Å². The Labute approximate surface area is 182 Å². The molecule has 1 atom stereocenters. The number of rotatable bonds is 9. The van der Waals surface area contributed by atoms with Crippen molar-refractivity contribution in [2.24, 2.45) is 0 Å². The predicted octanol–water partition coefficient (Wildman–Crippen LogP) is 5.11. The van der Waals surface area contributed by atoms with Gasteiger partial charge in [0.15, 0.2) is 0 Å². The van der Waals surface area contributed by atoms with Gasteiger partial charge in [-0.3, -0.25) is 0 Å². The van der Waals surface area contributed by atoms with Gasteiger partial charge in [-0.2, -0.15) is 0 Å². The molecule has 0 aliphatic carbocycles. The smallest absolute Gasteiger partial charge is 0.319 e. The van der Waals surface area contributed by atoms with E-state index in [9.17, 15) is 4.79 Å². The first-order valence-electron chi connectivity index (χ1n) is 10.0. The number of hydrogen-bond acceptors (Lipinski definition) is 5. The molecule has 0 bridgehead atoms. The second-order valence-electron chi connectivity index (χ2n) is 7.04. The summed E-state index contributed by atoms with van der Waals surface area (Å²) in [5.74, 6) is 3.68. The third-order valence-electron chi connectivity index (χ3n) is 4.96. The van der Waals surface area contributed by atoms with Crippen LogP contribution in [0.25, 0.3) is 0 Å². The van der Waals surface area contributed by atoms with Crippen LogP contribution in [0.2, 0.25) is 0 Å². The van der Waals surface area contributed by atoms with E-state index in [1.165, 1.54) is 0 Å². The molecule has 1 aromatic heterocycles. The van der Waals surface area contributed by atoms with Gasteiger partial charge in [-0.1, -0.05) is 12.1 Å². The maximum atomic E-state index is 12.8. The molecule has 0 unspecified atom stereocenters. The van der Waals surface area contributed by atoms with E-state index in [1.54, 1.807) is 39.5 Å². The molecule has 2 N–H and O–H groups in total. The maximum absolute atomic E-state index is 12.8. The molecule has 164 valence electrons. The zero-order chi connectivity index (χ0) is 22.2. The minimum Gasteiger partial charge on any atom is -0.497 e. The number of furan rings is 1. The van der Waals surface area contributed by atoms with E-state index in [2.05, 4.69) is 10.6 Å². The molecule has 7 nitrogen and oxygen atoms in total. The topological polar surface area (TPSA) is 82.0 Å². The Bertz CT molecular complexity index is 997. The normalized spacial score (nSPS) is 11.5. The van der Waals surface area contributed by atoms with Crippen LogP contribution in [0.5, 0.6) is 17.2 Å². The van der Waals surface area contributed by atoms with Crippen LogP contribution in [-0.4, -0.2) is 27.4 Å². The van der Waals surface area contributed by atoms with E-state index < -0.39 is 0 Å². The van der Waals surface area contributed by atoms with Gasteiger partial charge in [-0.25, -0.2) is 4.79 Å². The second-order valence-corrected chi connectivity index (χ2v) is 7.04. The molecule has 0 saturated carbocycles. The van der Waals surface area contributed by atoms with Gasteiger partial charge in [0.25, 0.3) is 0 Å². The Balaban J connectivity index is 1.74. The average Bonchev–Trinajstić information content (AvgIpc) is 3.22. The number of hydrogen-bond donors (Lipinski definition) is 2. The monoisotopic (exact) mass is 424 g/mol. The standard InChI is InChI=1S/C24H28N2O5/c1-16-5-8-19(31-16)11-13-21(17-6-9-18(28-2)10-7-17)25-24(27)26-22-14-12-20(29-3)15-23(22)30-4/h5-10,12,14-15,21H,11,13H2,1-4H3,(H2,25,26,27)/t21-/m0/s1. The molecule has 31 heavy (non-hydrogen) atoms. The summed E-state index contributed by atoms with van der Waals surface area (Å²) >= 11 is 0. The van der Waals surface area contributed by atoms with Gasteiger partial charge in [0.2, 0.25) is 0 Å². The summed E-state index contributed by atoms with van der Waals surface area (Å²) < 4.78 is 21.5. The molecule has 3 aromatic rings. The van der Waals surface area contributed by atoms with Crippen molar-refractivity contribution in [2.75, 3.05) is 26.6 Å². The second kappa shape index (κ2) is 10.4. The largest absolute Gasteiger partial charge is 0.497 e. The number of methoxy groups -OCH3 is 3. The predicted molar refractivity (Wildman–Crippen MR) is 119 cm³/mol. The Hall–Kier alpha value is -3.61. The minimum atomic E-state index is -0.333. The van der Waals surface area contributed by atoms with Crippen molar-refractivity contribution >= 4 is 11.7 Å². The molecule has 0 saturated heterocycles. The first-order chi connectivity index (χ1) is 15.0. The molecule has 0 aliphatic rings. The number of benzene rings is 2. The van der Waals surface area contributed by atoms with Gasteiger partial charge in [0, 0.05) is 12.5 Å². The number of carbonyl (C=O) groups excluding carboxylic acids is 1. The molecule has 0 radical (unpaired) electrons. The van der Waals surface area contributed by atoms with Crippen molar-refractivity contribution in [3.8, 4) is 17.2 Å². The quantitative estimate of drug-likeness (QED) is 0.499. The van der Waals surface area contributed by atoms with Gasteiger partial charge in [-0.05, 0) is 55.3 Å². The Morgan fingerprint density at radius 3 is 2.26 bits per heavy atom. The molecular weight excluding hydrogens is 396 g/mol. The van der Waals surface area contributed by atoms with Crippen LogP contribution in [0, 0.1) is 6.92 Å². The van der Waals surface area contributed by atoms with Crippen molar-refractivity contribution in [3.63, 3.8) is 0 Å². The number of aryl methyl sites for hydroxylation is 2. The number of anilines is 1. The SMILES string of the molecule is COc1ccc([C@H](CCc2ccc(C)o2)NC(=O)Nc2ccc(OC)cc2OC)cc1. The number of ether oxygens (including phenoxy) is 3. The summed E-state index contributed by atoms with van der Waals surface area (Å²) in [4.78, 5) is 12.8. The lowest BCUT2D eigenvalue weighted by molar-refractivity contribution is 0.247. The molecule has 0 fully saturated rings. The van der Waals surface area contributed by atoms with Gasteiger partial charge < -0.3 is 29.3 Å². The summed E-state index contributed by atoms with van der Waals surface area (Å²) in [7, 11) is 4.75. The third kappa shape index (κ3) is 5.94. The molecule has 3 rings (SSSR count). The van der Waals surface area contributed by atoms with Crippen molar-refractivity contribution in [1.29, 1.82) is 0 Å². The minimum absolute atomic E-state index is 0.222. The van der Waals surface area contributed by atoms with Crippen molar-refractivity contribution in [3.05, 3.63) is 71.7 Å². The van der Waals surface area contributed by atoms with E-state index >= 15 is 0 Å². The van der Waals surface area contributed by atoms with Crippen LogP contribution in [0.3, 0.4) is 0 Å². The first kappa shape index (κ1) is 22.1. The Morgan fingerprint density at radius 1 is 0.935 bits per heavy atom. The van der Waals surface area contributed by atoms with Crippen LogP contribution in [0.15, 0.2) is 59.0 Å². The lowest BCUT2D eigenvalue weighted by Crippen LogP contribution is -2.33. The molecule has 1 heterocycles. The molecule has 2 amide bonds. The summed E-state index contributed by atoms with van der Waals surface area (Å²) in [5.41, 5.74) is 1.52. The highest BCUT2D eigenvalue weighted by atomic mass is 16.5. The van der Waals surface area contributed by atoms with E-state index in [0.717, 1.165) is 22.8 Å². The van der Waals surface area contributed by atoms with Gasteiger partial charge in [0.05, 0.1) is 33.1 Å². The van der Waals surface area contributed by atoms with E-state index in [1.807, 2.05) is 43.3 Å². The summed E-state index contributed by atoms with van der Waals surface area (Å²) in [6.07, 6.45) is 1.36. The first-order valence-corrected chi connectivity index (χ1v) is 10.0. The lowest BCUT2D eigenvalue weighted by Gasteiger charge is -2.20. The van der Waals surface area contributed by atoms with Gasteiger partial charge in [-0.15, -0.1) is 0 Å². The molecule has 7 heteroatoms. The average molecular weight is 424 g/mol. The van der Waals surface area contributed by atoms with E-state index in [4.69, 9.17) is 18.6 Å². The fraction of sp³-hybridized carbons (Fsp3) is 0.292. The number of nitrogens with one attached hydrogen (secondary N) is 2. The fourth-order valence-electron chi connectivity index (χ4n) is 3.28. The highest BCUT2D eigenvalue weighted by Gasteiger charge is 2.17. The molecule has 0 spiro atoms. The van der Waals surface area contributed by atoms with Crippen LogP contribution in [-0.2, 0) is 6.42 Å². The highest BCUT2D eigenvalue weighted by Crippen LogP contribution is 2.29. The van der Waals surface area contributed by atoms with Gasteiger partial charge >= 0.3 is 6.03 Å². The zero-order valence-electron chi connectivity index (χ0n) is 18.2. The maximum Gasteiger partial charge on any atom is 0.319 e. The van der Waals surface area contributed by atoms with Crippen LogP contribution < -0.4 is 24.8 Å². The highest BCUT2D eigenvalue weighted by molar-refractivity contribution is 5.91. The summed E-state index contributed by atoms with van der Waals surface area (Å²) in [6, 6.07) is 16.2. The third-order valence-corrected chi connectivity index (χ3v) is 4.96. The molecule has 0 aliphatic heterocycles. The number of urea groups is 1. The molecular formula is C24H28N2O5. The summed E-state index contributed by atoms with van der Waals surface area (Å²) in [5, 5.41) is 5.92. The Kier molecular flexibility index (Phi) is 7.43. The summed E-state index contributed by atoms with van der Waals surface area (Å²) in [6.45, 7) is 1.92. The molecule has 2 aromatic carbocycles. The zero-order valence-corrected chi connectivity index (χ0v) is 18.2. The lowest BCUT2D eigenvalue weighted by atomic mass is 10.0. The number of amides is 2. The van der Waals surface area contributed by atoms with Crippen molar-refractivity contribution in [2.45, 2.75) is 25.8 Å². The van der Waals surface area contributed by atoms with Crippen LogP contribution >= 0.6 is 0 Å². The van der Waals surface area contributed by atoms with Gasteiger partial charge in [0.1, 0.15) is 28.8 Å². The van der Waals surface area contributed by atoms with Crippen LogP contribution in [0.1, 0.15) is 29.5 Å². The van der Waals surface area contributed by atoms with Crippen LogP contribution in [0.4, 0.5) is 10.5 Å². The number of carbonyl (C=O) groups is 1. The fourth-order valence-corrected chi connectivity index (χ4v) is 3.28. The van der Waals surface area contributed by atoms with E-state index in [-0.39, 0.29) is 12.1 Å². The van der Waals surface area contributed by atoms with E-state index in [0.29, 0.717) is 30.0 Å². The Morgan fingerprint density at radius 2 is 1.65 bits per heavy atom. The van der Waals surface area contributed by atoms with Crippen molar-refractivity contribution in [1.82, 2.24) is 5.32 Å².